The Bertz CT molecular complexity index is 1180. The molecule has 0 aliphatic rings. The first kappa shape index (κ1) is 23.5. The third kappa shape index (κ3) is 5.96. The van der Waals surface area contributed by atoms with Gasteiger partial charge in [-0.05, 0) is 82.0 Å². The lowest BCUT2D eigenvalue weighted by molar-refractivity contribution is -0.384. The van der Waals surface area contributed by atoms with Crippen LogP contribution in [0, 0.1) is 21.4 Å². The normalized spacial score (nSPS) is 11.0. The Kier molecular flexibility index (Phi) is 8.03. The fourth-order valence-corrected chi connectivity index (χ4v) is 3.76. The summed E-state index contributed by atoms with van der Waals surface area (Å²) in [6, 6.07) is 19.6. The second kappa shape index (κ2) is 10.9. The Morgan fingerprint density at radius 3 is 2.38 bits per heavy atom. The highest BCUT2D eigenvalue weighted by molar-refractivity contribution is 9.10. The SMILES string of the molecule is CCOc1cc(C=C(C#N)c2ccc(Br)cc2)cc(Br)c1OCc1ccc([N+](=O)[O-])cc1. The molecule has 0 saturated carbocycles. The number of nitriles is 1. The van der Waals surface area contributed by atoms with Gasteiger partial charge in [-0.2, -0.15) is 5.26 Å². The van der Waals surface area contributed by atoms with Gasteiger partial charge in [-0.15, -0.1) is 0 Å². The average molecular weight is 558 g/mol. The number of benzene rings is 3. The summed E-state index contributed by atoms with van der Waals surface area (Å²) in [5.41, 5.74) is 2.92. The molecule has 0 N–H and O–H groups in total. The molecule has 0 amide bonds. The lowest BCUT2D eigenvalue weighted by atomic mass is 10.0. The molecule has 162 valence electrons. The summed E-state index contributed by atoms with van der Waals surface area (Å²) in [4.78, 5) is 10.4. The van der Waals surface area contributed by atoms with Crippen molar-refractivity contribution in [3.63, 3.8) is 0 Å². The highest BCUT2D eigenvalue weighted by Crippen LogP contribution is 2.38. The monoisotopic (exact) mass is 556 g/mol. The predicted molar refractivity (Wildman–Crippen MR) is 130 cm³/mol. The van der Waals surface area contributed by atoms with Crippen LogP contribution in [0.15, 0.2) is 69.6 Å². The van der Waals surface area contributed by atoms with E-state index in [0.29, 0.717) is 28.2 Å². The molecule has 0 heterocycles. The maximum absolute atomic E-state index is 10.8. The minimum atomic E-state index is -0.440. The van der Waals surface area contributed by atoms with Crippen LogP contribution < -0.4 is 9.47 Å². The molecular formula is C24H18Br2N2O4. The molecule has 0 radical (unpaired) electrons. The summed E-state index contributed by atoms with van der Waals surface area (Å²) in [6.07, 6.45) is 1.79. The van der Waals surface area contributed by atoms with Gasteiger partial charge in [0.25, 0.3) is 5.69 Å². The maximum Gasteiger partial charge on any atom is 0.269 e. The van der Waals surface area contributed by atoms with Crippen LogP contribution in [-0.2, 0) is 6.61 Å². The number of rotatable bonds is 8. The third-order valence-electron chi connectivity index (χ3n) is 4.45. The summed E-state index contributed by atoms with van der Waals surface area (Å²) in [5.74, 6) is 1.05. The zero-order chi connectivity index (χ0) is 23.1. The van der Waals surface area contributed by atoms with Gasteiger partial charge in [0, 0.05) is 16.6 Å². The van der Waals surface area contributed by atoms with Crippen LogP contribution in [-0.4, -0.2) is 11.5 Å². The van der Waals surface area contributed by atoms with Gasteiger partial charge >= 0.3 is 0 Å². The number of halogens is 2. The van der Waals surface area contributed by atoms with E-state index < -0.39 is 4.92 Å². The Labute approximate surface area is 202 Å². The van der Waals surface area contributed by atoms with Gasteiger partial charge in [0.05, 0.1) is 27.6 Å². The number of ether oxygens (including phenoxy) is 2. The maximum atomic E-state index is 10.8. The van der Waals surface area contributed by atoms with E-state index in [1.54, 1.807) is 18.2 Å². The van der Waals surface area contributed by atoms with Crippen molar-refractivity contribution >= 4 is 49.2 Å². The predicted octanol–water partition coefficient (Wildman–Crippen LogP) is 7.16. The molecule has 3 aromatic carbocycles. The number of allylic oxidation sites excluding steroid dienone is 1. The third-order valence-corrected chi connectivity index (χ3v) is 5.57. The average Bonchev–Trinajstić information content (AvgIpc) is 2.78. The standard InChI is InChI=1S/C24H18Br2N2O4/c1-2-31-23-13-17(11-19(14-27)18-5-7-20(25)8-6-18)12-22(26)24(23)32-15-16-3-9-21(10-4-16)28(29)30/h3-13H,2,15H2,1H3. The van der Waals surface area contributed by atoms with Crippen molar-refractivity contribution in [1.82, 2.24) is 0 Å². The van der Waals surface area contributed by atoms with E-state index in [1.165, 1.54) is 12.1 Å². The van der Waals surface area contributed by atoms with Crippen molar-refractivity contribution in [3.8, 4) is 17.6 Å². The number of nitro groups is 1. The number of nitro benzene ring substituents is 1. The first-order chi connectivity index (χ1) is 15.4. The zero-order valence-corrected chi connectivity index (χ0v) is 20.2. The van der Waals surface area contributed by atoms with Crippen molar-refractivity contribution in [1.29, 1.82) is 5.26 Å². The molecule has 0 fully saturated rings. The van der Waals surface area contributed by atoms with Gasteiger partial charge in [-0.3, -0.25) is 10.1 Å². The van der Waals surface area contributed by atoms with Gasteiger partial charge < -0.3 is 9.47 Å². The lowest BCUT2D eigenvalue weighted by Gasteiger charge is -2.15. The molecule has 32 heavy (non-hydrogen) atoms. The topological polar surface area (TPSA) is 85.4 Å². The fourth-order valence-electron chi connectivity index (χ4n) is 2.92. The molecule has 0 aliphatic heterocycles. The molecule has 8 heteroatoms. The van der Waals surface area contributed by atoms with E-state index in [4.69, 9.17) is 9.47 Å². The highest BCUT2D eigenvalue weighted by atomic mass is 79.9. The van der Waals surface area contributed by atoms with Gasteiger partial charge in [-0.25, -0.2) is 0 Å². The summed E-state index contributed by atoms with van der Waals surface area (Å²) >= 11 is 6.94. The summed E-state index contributed by atoms with van der Waals surface area (Å²) in [6.45, 7) is 2.53. The molecule has 0 aliphatic carbocycles. The first-order valence-corrected chi connectivity index (χ1v) is 11.2. The van der Waals surface area contributed by atoms with E-state index in [0.717, 1.165) is 21.2 Å². The van der Waals surface area contributed by atoms with Gasteiger partial charge in [0.15, 0.2) is 11.5 Å². The van der Waals surface area contributed by atoms with Crippen LogP contribution in [0.3, 0.4) is 0 Å². The second-order valence-electron chi connectivity index (χ2n) is 6.65. The second-order valence-corrected chi connectivity index (χ2v) is 8.42. The van der Waals surface area contributed by atoms with E-state index in [9.17, 15) is 15.4 Å². The van der Waals surface area contributed by atoms with Gasteiger partial charge in [0.1, 0.15) is 6.61 Å². The Hall–Kier alpha value is -3.15. The smallest absolute Gasteiger partial charge is 0.269 e. The molecule has 0 atom stereocenters. The van der Waals surface area contributed by atoms with Gasteiger partial charge in [-0.1, -0.05) is 28.1 Å². The van der Waals surface area contributed by atoms with Crippen LogP contribution in [0.1, 0.15) is 23.6 Å². The highest BCUT2D eigenvalue weighted by Gasteiger charge is 2.13. The lowest BCUT2D eigenvalue weighted by Crippen LogP contribution is -2.01. The summed E-state index contributed by atoms with van der Waals surface area (Å²) in [5, 5.41) is 20.4. The summed E-state index contributed by atoms with van der Waals surface area (Å²) in [7, 11) is 0. The van der Waals surface area contributed by atoms with E-state index >= 15 is 0 Å². The van der Waals surface area contributed by atoms with Crippen LogP contribution in [0.25, 0.3) is 11.6 Å². The molecule has 0 aromatic heterocycles. The Balaban J connectivity index is 1.87. The van der Waals surface area contributed by atoms with Crippen molar-refractivity contribution in [2.75, 3.05) is 6.61 Å². The molecule has 0 bridgehead atoms. The molecule has 0 spiro atoms. The number of hydrogen-bond donors (Lipinski definition) is 0. The van der Waals surface area contributed by atoms with Crippen molar-refractivity contribution in [2.24, 2.45) is 0 Å². The summed E-state index contributed by atoms with van der Waals surface area (Å²) < 4.78 is 13.3. The fraction of sp³-hybridized carbons (Fsp3) is 0.125. The Morgan fingerprint density at radius 2 is 1.78 bits per heavy atom. The van der Waals surface area contributed by atoms with Crippen molar-refractivity contribution in [3.05, 3.63) is 96.4 Å². The first-order valence-electron chi connectivity index (χ1n) is 9.61. The van der Waals surface area contributed by atoms with Crippen molar-refractivity contribution in [2.45, 2.75) is 13.5 Å². The molecule has 0 saturated heterocycles. The van der Waals surface area contributed by atoms with E-state index in [-0.39, 0.29) is 12.3 Å². The molecular weight excluding hydrogens is 540 g/mol. The van der Waals surface area contributed by atoms with Crippen LogP contribution in [0.2, 0.25) is 0 Å². The minimum Gasteiger partial charge on any atom is -0.490 e. The Morgan fingerprint density at radius 1 is 1.09 bits per heavy atom. The largest absolute Gasteiger partial charge is 0.490 e. The number of non-ortho nitro benzene ring substituents is 1. The zero-order valence-electron chi connectivity index (χ0n) is 17.0. The quantitative estimate of drug-likeness (QED) is 0.127. The number of nitrogens with zero attached hydrogens (tertiary/aromatic N) is 2. The van der Waals surface area contributed by atoms with Crippen LogP contribution in [0.5, 0.6) is 11.5 Å². The minimum absolute atomic E-state index is 0.0279. The van der Waals surface area contributed by atoms with Crippen LogP contribution >= 0.6 is 31.9 Å². The molecule has 3 aromatic rings. The van der Waals surface area contributed by atoms with Crippen LogP contribution in [0.4, 0.5) is 5.69 Å². The molecule has 3 rings (SSSR count). The molecule has 6 nitrogen and oxygen atoms in total. The van der Waals surface area contributed by atoms with E-state index in [1.807, 2.05) is 43.3 Å². The van der Waals surface area contributed by atoms with E-state index in [2.05, 4.69) is 37.9 Å². The van der Waals surface area contributed by atoms with Gasteiger partial charge in [0.2, 0.25) is 0 Å². The number of hydrogen-bond acceptors (Lipinski definition) is 5. The molecule has 0 unspecified atom stereocenters. The van der Waals surface area contributed by atoms with Crippen molar-refractivity contribution < 1.29 is 14.4 Å².